The smallest absolute Gasteiger partial charge is 0.148 e. The topological polar surface area (TPSA) is 47.0 Å². The molecule has 4 nitrogen and oxygen atoms in total. The average molecular weight is 229 g/mol. The zero-order valence-corrected chi connectivity index (χ0v) is 9.76. The van der Waals surface area contributed by atoms with Gasteiger partial charge in [-0.3, -0.25) is 0 Å². The highest BCUT2D eigenvalue weighted by atomic mass is 16.5. The molecule has 1 heterocycles. The zero-order chi connectivity index (χ0) is 11.9. The van der Waals surface area contributed by atoms with Crippen LogP contribution in [0, 0.1) is 6.92 Å². The minimum Gasteiger partial charge on any atom is -0.492 e. The Morgan fingerprint density at radius 3 is 2.59 bits per heavy atom. The molecule has 0 spiro atoms. The van der Waals surface area contributed by atoms with Crippen LogP contribution in [0.1, 0.15) is 5.69 Å². The van der Waals surface area contributed by atoms with E-state index >= 15 is 0 Å². The summed E-state index contributed by atoms with van der Waals surface area (Å²) in [5.41, 5.74) is 0.913. The van der Waals surface area contributed by atoms with Crippen molar-refractivity contribution < 1.29 is 4.74 Å². The van der Waals surface area contributed by atoms with Gasteiger partial charge in [-0.25, -0.2) is 0 Å². The van der Waals surface area contributed by atoms with Crippen LogP contribution >= 0.6 is 0 Å². The molecule has 0 aliphatic heterocycles. The van der Waals surface area contributed by atoms with E-state index in [1.165, 1.54) is 0 Å². The van der Waals surface area contributed by atoms with E-state index in [0.29, 0.717) is 13.2 Å². The number of benzene rings is 1. The van der Waals surface area contributed by atoms with Gasteiger partial charge in [0.05, 0.1) is 12.2 Å². The minimum atomic E-state index is 0.597. The van der Waals surface area contributed by atoms with Crippen LogP contribution in [0.5, 0.6) is 5.75 Å². The predicted octanol–water partition coefficient (Wildman–Crippen LogP) is 2.28. The lowest BCUT2D eigenvalue weighted by atomic mass is 10.3. The van der Waals surface area contributed by atoms with Crippen molar-refractivity contribution in [3.8, 4) is 5.75 Å². The normalized spacial score (nSPS) is 9.94. The quantitative estimate of drug-likeness (QED) is 0.799. The maximum absolute atomic E-state index is 5.54. The van der Waals surface area contributed by atoms with E-state index in [4.69, 9.17) is 4.74 Å². The molecule has 0 saturated carbocycles. The lowest BCUT2D eigenvalue weighted by Crippen LogP contribution is -2.12. The molecule has 0 aliphatic rings. The molecule has 1 aromatic carbocycles. The Bertz CT molecular complexity index is 442. The first kappa shape index (κ1) is 11.4. The third-order valence-electron chi connectivity index (χ3n) is 2.22. The fourth-order valence-corrected chi connectivity index (χ4v) is 1.36. The maximum Gasteiger partial charge on any atom is 0.148 e. The largest absolute Gasteiger partial charge is 0.492 e. The van der Waals surface area contributed by atoms with Crippen molar-refractivity contribution in [2.75, 3.05) is 18.5 Å². The van der Waals surface area contributed by atoms with Gasteiger partial charge in [-0.15, -0.1) is 5.10 Å². The molecule has 0 atom stereocenters. The van der Waals surface area contributed by atoms with Crippen LogP contribution in [0.2, 0.25) is 0 Å². The van der Waals surface area contributed by atoms with Crippen LogP contribution in [-0.4, -0.2) is 23.3 Å². The molecule has 0 fully saturated rings. The summed E-state index contributed by atoms with van der Waals surface area (Å²) in [7, 11) is 0. The van der Waals surface area contributed by atoms with E-state index in [0.717, 1.165) is 17.3 Å². The molecular formula is C13H15N3O. The summed E-state index contributed by atoms with van der Waals surface area (Å²) in [6, 6.07) is 13.6. The van der Waals surface area contributed by atoms with Crippen molar-refractivity contribution in [2.45, 2.75) is 6.92 Å². The predicted molar refractivity (Wildman–Crippen MR) is 67.2 cm³/mol. The summed E-state index contributed by atoms with van der Waals surface area (Å²) in [4.78, 5) is 0. The van der Waals surface area contributed by atoms with Crippen LogP contribution < -0.4 is 10.1 Å². The second kappa shape index (κ2) is 5.84. The van der Waals surface area contributed by atoms with Gasteiger partial charge in [-0.1, -0.05) is 18.2 Å². The van der Waals surface area contributed by atoms with Gasteiger partial charge in [0.25, 0.3) is 0 Å². The Morgan fingerprint density at radius 2 is 1.88 bits per heavy atom. The molecule has 0 bridgehead atoms. The van der Waals surface area contributed by atoms with E-state index in [-0.39, 0.29) is 0 Å². The molecule has 4 heteroatoms. The van der Waals surface area contributed by atoms with E-state index in [2.05, 4.69) is 15.5 Å². The molecule has 0 radical (unpaired) electrons. The number of ether oxygens (including phenoxy) is 1. The number of aromatic nitrogens is 2. The molecule has 2 aromatic rings. The summed E-state index contributed by atoms with van der Waals surface area (Å²) in [6.45, 7) is 3.21. The summed E-state index contributed by atoms with van der Waals surface area (Å²) in [6.07, 6.45) is 0. The van der Waals surface area contributed by atoms with Crippen molar-refractivity contribution >= 4 is 5.82 Å². The number of rotatable bonds is 5. The number of para-hydroxylation sites is 1. The number of hydrogen-bond donors (Lipinski definition) is 1. The van der Waals surface area contributed by atoms with Gasteiger partial charge in [-0.05, 0) is 31.2 Å². The summed E-state index contributed by atoms with van der Waals surface area (Å²) in [5.74, 6) is 1.65. The Morgan fingerprint density at radius 1 is 1.06 bits per heavy atom. The van der Waals surface area contributed by atoms with Crippen LogP contribution in [-0.2, 0) is 0 Å². The standard InChI is InChI=1S/C13H15N3O/c1-11-7-8-13(16-15-11)14-9-10-17-12-5-3-2-4-6-12/h2-8H,9-10H2,1H3,(H,14,16). The molecule has 0 saturated heterocycles. The van der Waals surface area contributed by atoms with Crippen LogP contribution in [0.25, 0.3) is 0 Å². The van der Waals surface area contributed by atoms with Crippen LogP contribution in [0.4, 0.5) is 5.82 Å². The van der Waals surface area contributed by atoms with Gasteiger partial charge in [0.15, 0.2) is 0 Å². The van der Waals surface area contributed by atoms with E-state index in [1.807, 2.05) is 49.4 Å². The number of nitrogens with one attached hydrogen (secondary N) is 1. The Labute approximate surface area is 101 Å². The monoisotopic (exact) mass is 229 g/mol. The third-order valence-corrected chi connectivity index (χ3v) is 2.22. The molecule has 17 heavy (non-hydrogen) atoms. The van der Waals surface area contributed by atoms with E-state index in [9.17, 15) is 0 Å². The second-order valence-corrected chi connectivity index (χ2v) is 3.65. The molecule has 0 amide bonds. The Balaban J connectivity index is 1.71. The average Bonchev–Trinajstić information content (AvgIpc) is 2.38. The van der Waals surface area contributed by atoms with Crippen LogP contribution in [0.3, 0.4) is 0 Å². The molecule has 0 aliphatic carbocycles. The summed E-state index contributed by atoms with van der Waals surface area (Å²) >= 11 is 0. The highest BCUT2D eigenvalue weighted by Gasteiger charge is 1.94. The lowest BCUT2D eigenvalue weighted by Gasteiger charge is -2.07. The number of hydrogen-bond acceptors (Lipinski definition) is 4. The molecule has 2 rings (SSSR count). The zero-order valence-electron chi connectivity index (χ0n) is 9.76. The molecular weight excluding hydrogens is 214 g/mol. The first-order valence-electron chi connectivity index (χ1n) is 5.56. The van der Waals surface area contributed by atoms with Crippen LogP contribution in [0.15, 0.2) is 42.5 Å². The van der Waals surface area contributed by atoms with Crippen molar-refractivity contribution in [1.82, 2.24) is 10.2 Å². The number of nitrogens with zero attached hydrogens (tertiary/aromatic N) is 2. The maximum atomic E-state index is 5.54. The molecule has 88 valence electrons. The number of aryl methyl sites for hydroxylation is 1. The molecule has 1 N–H and O–H groups in total. The van der Waals surface area contributed by atoms with Gasteiger partial charge in [0, 0.05) is 0 Å². The van der Waals surface area contributed by atoms with Gasteiger partial charge in [-0.2, -0.15) is 5.10 Å². The highest BCUT2D eigenvalue weighted by Crippen LogP contribution is 2.07. The first-order valence-corrected chi connectivity index (χ1v) is 5.56. The van der Waals surface area contributed by atoms with E-state index < -0.39 is 0 Å². The highest BCUT2D eigenvalue weighted by molar-refractivity contribution is 5.32. The molecule has 1 aromatic heterocycles. The summed E-state index contributed by atoms with van der Waals surface area (Å²) < 4.78 is 5.54. The lowest BCUT2D eigenvalue weighted by molar-refractivity contribution is 0.332. The second-order valence-electron chi connectivity index (χ2n) is 3.65. The van der Waals surface area contributed by atoms with Gasteiger partial charge in [0.1, 0.15) is 18.2 Å². The summed E-state index contributed by atoms with van der Waals surface area (Å²) in [5, 5.41) is 11.1. The van der Waals surface area contributed by atoms with Crippen molar-refractivity contribution in [2.24, 2.45) is 0 Å². The Hall–Kier alpha value is -2.10. The van der Waals surface area contributed by atoms with Crippen molar-refractivity contribution in [1.29, 1.82) is 0 Å². The van der Waals surface area contributed by atoms with Gasteiger partial charge in [0.2, 0.25) is 0 Å². The SMILES string of the molecule is Cc1ccc(NCCOc2ccccc2)nn1. The minimum absolute atomic E-state index is 0.597. The van der Waals surface area contributed by atoms with Gasteiger partial charge < -0.3 is 10.1 Å². The fourth-order valence-electron chi connectivity index (χ4n) is 1.36. The van der Waals surface area contributed by atoms with Crippen molar-refractivity contribution in [3.63, 3.8) is 0 Å². The van der Waals surface area contributed by atoms with Crippen molar-refractivity contribution in [3.05, 3.63) is 48.2 Å². The Kier molecular flexibility index (Phi) is 3.91. The third kappa shape index (κ3) is 3.75. The first-order chi connectivity index (χ1) is 8.34. The number of anilines is 1. The van der Waals surface area contributed by atoms with Gasteiger partial charge >= 0.3 is 0 Å². The molecule has 0 unspecified atom stereocenters. The fraction of sp³-hybridized carbons (Fsp3) is 0.231. The van der Waals surface area contributed by atoms with E-state index in [1.54, 1.807) is 0 Å².